The van der Waals surface area contributed by atoms with Crippen molar-refractivity contribution in [1.29, 1.82) is 0 Å². The molecule has 2 rings (SSSR count). The minimum atomic E-state index is -4.74. The lowest BCUT2D eigenvalue weighted by molar-refractivity contribution is -0.144. The molecule has 0 saturated carbocycles. The molecule has 28 heavy (non-hydrogen) atoms. The van der Waals surface area contributed by atoms with Gasteiger partial charge in [0.25, 0.3) is 0 Å². The summed E-state index contributed by atoms with van der Waals surface area (Å²) < 4.78 is 84.3. The van der Waals surface area contributed by atoms with Gasteiger partial charge in [-0.3, -0.25) is 0 Å². The predicted molar refractivity (Wildman–Crippen MR) is 91.4 cm³/mol. The second-order valence-electron chi connectivity index (χ2n) is 5.72. The first-order chi connectivity index (χ1) is 12.8. The predicted octanol–water partition coefficient (Wildman–Crippen LogP) is 5.97. The maximum atomic E-state index is 13.3. The average Bonchev–Trinajstić information content (AvgIpc) is 2.59. The summed E-state index contributed by atoms with van der Waals surface area (Å²) in [5, 5.41) is 8.95. The van der Waals surface area contributed by atoms with E-state index in [1.807, 2.05) is 0 Å². The largest absolute Gasteiger partial charge is 0.479 e. The Morgan fingerprint density at radius 3 is 2.18 bits per heavy atom. The first-order valence-corrected chi connectivity index (χ1v) is 8.93. The van der Waals surface area contributed by atoms with Gasteiger partial charge in [-0.25, -0.2) is 4.79 Å². The topological polar surface area (TPSA) is 46.5 Å². The monoisotopic (exact) mass is 424 g/mol. The molecular weight excluding hydrogens is 410 g/mol. The van der Waals surface area contributed by atoms with Crippen LogP contribution in [0.3, 0.4) is 0 Å². The van der Waals surface area contributed by atoms with Crippen LogP contribution in [0, 0.1) is 0 Å². The third-order valence-electron chi connectivity index (χ3n) is 3.77. The zero-order chi connectivity index (χ0) is 21.3. The van der Waals surface area contributed by atoms with Crippen molar-refractivity contribution in [2.75, 3.05) is 6.26 Å². The summed E-state index contributed by atoms with van der Waals surface area (Å²) in [7, 11) is 0. The van der Waals surface area contributed by atoms with Crippen molar-refractivity contribution in [2.24, 2.45) is 0 Å². The van der Waals surface area contributed by atoms with Gasteiger partial charge in [-0.15, -0.1) is 11.8 Å². The molecule has 3 nitrogen and oxygen atoms in total. The van der Waals surface area contributed by atoms with Gasteiger partial charge in [0.05, 0.1) is 11.1 Å². The van der Waals surface area contributed by atoms with Crippen LogP contribution < -0.4 is 4.74 Å². The number of alkyl halides is 6. The Labute approximate surface area is 160 Å². The Kier molecular flexibility index (Phi) is 6.22. The summed E-state index contributed by atoms with van der Waals surface area (Å²) in [6.07, 6.45) is -9.43. The van der Waals surface area contributed by atoms with E-state index in [4.69, 9.17) is 9.84 Å². The lowest BCUT2D eigenvalue weighted by atomic mass is 9.99. The number of carboxylic acids is 1. The van der Waals surface area contributed by atoms with Gasteiger partial charge in [-0.05, 0) is 49.1 Å². The van der Waals surface area contributed by atoms with Crippen LogP contribution in [0.1, 0.15) is 18.1 Å². The van der Waals surface area contributed by atoms with Gasteiger partial charge in [0, 0.05) is 10.5 Å². The van der Waals surface area contributed by atoms with Crippen LogP contribution in [0.5, 0.6) is 5.75 Å². The van der Waals surface area contributed by atoms with Crippen molar-refractivity contribution < 1.29 is 41.0 Å². The molecule has 0 unspecified atom stereocenters. The first kappa shape index (κ1) is 21.9. The van der Waals surface area contributed by atoms with Crippen LogP contribution in [0.25, 0.3) is 11.1 Å². The van der Waals surface area contributed by atoms with Gasteiger partial charge in [0.15, 0.2) is 6.10 Å². The zero-order valence-corrected chi connectivity index (χ0v) is 15.3. The minimum absolute atomic E-state index is 0.0930. The molecule has 1 atom stereocenters. The number of benzene rings is 2. The van der Waals surface area contributed by atoms with E-state index in [0.29, 0.717) is 12.1 Å². The van der Waals surface area contributed by atoms with Crippen LogP contribution in [0.15, 0.2) is 41.3 Å². The molecule has 0 aliphatic carbocycles. The fourth-order valence-electron chi connectivity index (χ4n) is 2.37. The summed E-state index contributed by atoms with van der Waals surface area (Å²) in [5.41, 5.74) is -2.57. The fourth-order valence-corrected chi connectivity index (χ4v) is 2.97. The van der Waals surface area contributed by atoms with E-state index in [9.17, 15) is 31.1 Å². The Bertz CT molecular complexity index is 877. The number of halogens is 6. The Balaban J connectivity index is 2.68. The van der Waals surface area contributed by atoms with Gasteiger partial charge in [-0.1, -0.05) is 6.07 Å². The van der Waals surface area contributed by atoms with Gasteiger partial charge < -0.3 is 9.84 Å². The molecule has 2 aromatic rings. The number of carbonyl (C=O) groups is 1. The molecule has 0 bridgehead atoms. The SMILES string of the molecule is CSc1ccc(-c2cc(C(F)(F)F)ccc2O[C@@H](C)C(=O)O)cc1C(F)(F)F. The summed E-state index contributed by atoms with van der Waals surface area (Å²) in [6, 6.07) is 5.31. The third-order valence-corrected chi connectivity index (χ3v) is 4.57. The molecule has 0 spiro atoms. The molecule has 2 aromatic carbocycles. The van der Waals surface area contributed by atoms with E-state index < -0.39 is 35.6 Å². The van der Waals surface area contributed by atoms with Crippen LogP contribution in [0.4, 0.5) is 26.3 Å². The highest BCUT2D eigenvalue weighted by Gasteiger charge is 2.35. The Hall–Kier alpha value is -2.36. The molecule has 0 saturated heterocycles. The number of thioether (sulfide) groups is 1. The molecule has 0 amide bonds. The van der Waals surface area contributed by atoms with Crippen molar-refractivity contribution in [3.8, 4) is 16.9 Å². The Morgan fingerprint density at radius 1 is 1.04 bits per heavy atom. The van der Waals surface area contributed by atoms with Crippen molar-refractivity contribution in [3.63, 3.8) is 0 Å². The third kappa shape index (κ3) is 4.92. The van der Waals surface area contributed by atoms with Crippen molar-refractivity contribution in [2.45, 2.75) is 30.3 Å². The second kappa shape index (κ2) is 7.94. The van der Waals surface area contributed by atoms with Crippen LogP contribution >= 0.6 is 11.8 Å². The highest BCUT2D eigenvalue weighted by atomic mass is 32.2. The summed E-state index contributed by atoms with van der Waals surface area (Å²) >= 11 is 0.843. The number of aliphatic carboxylic acids is 1. The number of ether oxygens (including phenoxy) is 1. The molecule has 0 fully saturated rings. The Morgan fingerprint density at radius 2 is 1.68 bits per heavy atom. The molecule has 0 radical (unpaired) electrons. The van der Waals surface area contributed by atoms with Crippen LogP contribution in [-0.2, 0) is 17.1 Å². The molecule has 0 aromatic heterocycles. The van der Waals surface area contributed by atoms with E-state index in [1.54, 1.807) is 0 Å². The average molecular weight is 424 g/mol. The number of carboxylic acid groups (broad SMARTS) is 1. The van der Waals surface area contributed by atoms with Gasteiger partial charge in [-0.2, -0.15) is 26.3 Å². The van der Waals surface area contributed by atoms with Crippen molar-refractivity contribution in [1.82, 2.24) is 0 Å². The van der Waals surface area contributed by atoms with Gasteiger partial charge >= 0.3 is 18.3 Å². The van der Waals surface area contributed by atoms with E-state index in [0.717, 1.165) is 36.9 Å². The molecule has 152 valence electrons. The van der Waals surface area contributed by atoms with E-state index in [1.165, 1.54) is 12.3 Å². The highest BCUT2D eigenvalue weighted by Crippen LogP contribution is 2.42. The van der Waals surface area contributed by atoms with Gasteiger partial charge in [0.2, 0.25) is 0 Å². The maximum Gasteiger partial charge on any atom is 0.417 e. The molecule has 1 N–H and O–H groups in total. The normalized spacial score (nSPS) is 13.3. The molecule has 10 heteroatoms. The van der Waals surface area contributed by atoms with Gasteiger partial charge in [0.1, 0.15) is 5.75 Å². The molecule has 0 aliphatic rings. The standard InChI is InChI=1S/C18H14F6O3S/c1-9(16(25)26)27-14-5-4-11(17(19,20)21)8-12(14)10-3-6-15(28-2)13(7-10)18(22,23)24/h3-9H,1-2H3,(H,25,26)/t9-/m0/s1. The quantitative estimate of drug-likeness (QED) is 0.475. The van der Waals surface area contributed by atoms with E-state index in [2.05, 4.69) is 0 Å². The summed E-state index contributed by atoms with van der Waals surface area (Å²) in [4.78, 5) is 10.9. The highest BCUT2D eigenvalue weighted by molar-refractivity contribution is 7.98. The number of hydrogen-bond donors (Lipinski definition) is 1. The number of hydrogen-bond acceptors (Lipinski definition) is 3. The van der Waals surface area contributed by atoms with Crippen LogP contribution in [-0.4, -0.2) is 23.4 Å². The fraction of sp³-hybridized carbons (Fsp3) is 0.278. The smallest absolute Gasteiger partial charge is 0.417 e. The molecule has 0 heterocycles. The molecular formula is C18H14F6O3S. The summed E-state index contributed by atoms with van der Waals surface area (Å²) in [5.74, 6) is -1.65. The van der Waals surface area contributed by atoms with E-state index >= 15 is 0 Å². The lowest BCUT2D eigenvalue weighted by Gasteiger charge is -2.18. The number of rotatable bonds is 5. The maximum absolute atomic E-state index is 13.3. The zero-order valence-electron chi connectivity index (χ0n) is 14.5. The first-order valence-electron chi connectivity index (χ1n) is 7.71. The van der Waals surface area contributed by atoms with Crippen molar-refractivity contribution >= 4 is 17.7 Å². The van der Waals surface area contributed by atoms with Crippen molar-refractivity contribution in [3.05, 3.63) is 47.5 Å². The summed E-state index contributed by atoms with van der Waals surface area (Å²) in [6.45, 7) is 1.15. The van der Waals surface area contributed by atoms with Crippen LogP contribution in [0.2, 0.25) is 0 Å². The second-order valence-corrected chi connectivity index (χ2v) is 6.57. The van der Waals surface area contributed by atoms with E-state index in [-0.39, 0.29) is 21.8 Å². The molecule has 0 aliphatic heterocycles. The lowest BCUT2D eigenvalue weighted by Crippen LogP contribution is -2.23. The minimum Gasteiger partial charge on any atom is -0.479 e.